The molecular weight excluding hydrogens is 391 g/mol. The number of carbonyl (C=O) groups is 1. The van der Waals surface area contributed by atoms with Crippen LogP contribution in [0.1, 0.15) is 36.8 Å². The molecule has 1 N–H and O–H groups in total. The van der Waals surface area contributed by atoms with Crippen LogP contribution >= 0.6 is 0 Å². The van der Waals surface area contributed by atoms with Gasteiger partial charge in [0.15, 0.2) is 0 Å². The Hall–Kier alpha value is -2.25. The lowest BCUT2D eigenvalue weighted by atomic mass is 9.93. The summed E-state index contributed by atoms with van der Waals surface area (Å²) < 4.78 is 40.2. The van der Waals surface area contributed by atoms with Gasteiger partial charge in [0.05, 0.1) is 4.90 Å². The highest BCUT2D eigenvalue weighted by molar-refractivity contribution is 7.89. The van der Waals surface area contributed by atoms with Crippen molar-refractivity contribution in [2.45, 2.75) is 44.0 Å². The zero-order valence-corrected chi connectivity index (χ0v) is 17.4. The molecular formula is C22H27FN2O3S. The SMILES string of the molecule is Cc1ccc(S(=O)(=O)N2CCC(CCC(=O)NCc3cccc(F)c3)CC2)cc1. The first kappa shape index (κ1) is 21.5. The van der Waals surface area contributed by atoms with Crippen molar-refractivity contribution in [1.29, 1.82) is 0 Å². The number of halogens is 1. The van der Waals surface area contributed by atoms with Gasteiger partial charge in [-0.2, -0.15) is 4.31 Å². The predicted molar refractivity (Wildman–Crippen MR) is 110 cm³/mol. The van der Waals surface area contributed by atoms with Gasteiger partial charge < -0.3 is 5.32 Å². The smallest absolute Gasteiger partial charge is 0.243 e. The molecule has 156 valence electrons. The number of aryl methyl sites for hydroxylation is 1. The monoisotopic (exact) mass is 418 g/mol. The summed E-state index contributed by atoms with van der Waals surface area (Å²) >= 11 is 0. The first-order valence-corrected chi connectivity index (χ1v) is 11.4. The van der Waals surface area contributed by atoms with Crippen LogP contribution < -0.4 is 5.32 Å². The molecule has 29 heavy (non-hydrogen) atoms. The standard InChI is InChI=1S/C22H27FN2O3S/c1-17-5-8-21(9-6-17)29(27,28)25-13-11-18(12-14-25)7-10-22(26)24-16-19-3-2-4-20(23)15-19/h2-6,8-9,15,18H,7,10-14,16H2,1H3,(H,24,26). The molecule has 3 rings (SSSR count). The topological polar surface area (TPSA) is 66.5 Å². The van der Waals surface area contributed by atoms with Crippen LogP contribution in [0, 0.1) is 18.7 Å². The van der Waals surface area contributed by atoms with Gasteiger partial charge in [-0.1, -0.05) is 29.8 Å². The highest BCUT2D eigenvalue weighted by atomic mass is 32.2. The lowest BCUT2D eigenvalue weighted by Crippen LogP contribution is -2.38. The van der Waals surface area contributed by atoms with Crippen LogP contribution in [-0.2, 0) is 21.4 Å². The maximum absolute atomic E-state index is 13.2. The van der Waals surface area contributed by atoms with E-state index < -0.39 is 10.0 Å². The van der Waals surface area contributed by atoms with E-state index in [0.717, 1.165) is 30.4 Å². The highest BCUT2D eigenvalue weighted by Gasteiger charge is 2.29. The Balaban J connectivity index is 1.42. The molecule has 1 aliphatic rings. The predicted octanol–water partition coefficient (Wildman–Crippen LogP) is 3.63. The summed E-state index contributed by atoms with van der Waals surface area (Å²) in [5.41, 5.74) is 1.76. The number of piperidine rings is 1. The molecule has 0 unspecified atom stereocenters. The van der Waals surface area contributed by atoms with Crippen molar-refractivity contribution in [3.63, 3.8) is 0 Å². The van der Waals surface area contributed by atoms with Crippen LogP contribution in [0.3, 0.4) is 0 Å². The fourth-order valence-electron chi connectivity index (χ4n) is 3.57. The van der Waals surface area contributed by atoms with E-state index in [9.17, 15) is 17.6 Å². The summed E-state index contributed by atoms with van der Waals surface area (Å²) in [6.07, 6.45) is 2.63. The molecule has 0 atom stereocenters. The first-order valence-electron chi connectivity index (χ1n) is 9.92. The van der Waals surface area contributed by atoms with Gasteiger partial charge >= 0.3 is 0 Å². The molecule has 1 heterocycles. The maximum Gasteiger partial charge on any atom is 0.243 e. The fraction of sp³-hybridized carbons (Fsp3) is 0.409. The Labute approximate surface area is 172 Å². The van der Waals surface area contributed by atoms with E-state index in [1.807, 2.05) is 19.1 Å². The third-order valence-corrected chi connectivity index (χ3v) is 7.30. The van der Waals surface area contributed by atoms with E-state index in [1.165, 1.54) is 16.4 Å². The minimum atomic E-state index is -3.45. The molecule has 0 aromatic heterocycles. The van der Waals surface area contributed by atoms with E-state index in [-0.39, 0.29) is 11.7 Å². The Morgan fingerprint density at radius 1 is 1.14 bits per heavy atom. The molecule has 0 bridgehead atoms. The Morgan fingerprint density at radius 3 is 2.48 bits per heavy atom. The van der Waals surface area contributed by atoms with Crippen LogP contribution in [-0.4, -0.2) is 31.7 Å². The molecule has 1 amide bonds. The van der Waals surface area contributed by atoms with E-state index in [2.05, 4.69) is 5.32 Å². The summed E-state index contributed by atoms with van der Waals surface area (Å²) in [7, 11) is -3.45. The van der Waals surface area contributed by atoms with Crippen LogP contribution in [0.15, 0.2) is 53.4 Å². The van der Waals surface area contributed by atoms with E-state index in [4.69, 9.17) is 0 Å². The van der Waals surface area contributed by atoms with Crippen LogP contribution in [0.4, 0.5) is 4.39 Å². The minimum Gasteiger partial charge on any atom is -0.352 e. The summed E-state index contributed by atoms with van der Waals surface area (Å²) in [5.74, 6) is -0.0487. The van der Waals surface area contributed by atoms with Crippen molar-refractivity contribution in [3.8, 4) is 0 Å². The van der Waals surface area contributed by atoms with Crippen molar-refractivity contribution in [2.75, 3.05) is 13.1 Å². The molecule has 1 fully saturated rings. The van der Waals surface area contributed by atoms with Crippen LogP contribution in [0.5, 0.6) is 0 Å². The van der Waals surface area contributed by atoms with Gasteiger partial charge in [0.25, 0.3) is 0 Å². The Bertz CT molecular complexity index is 937. The number of nitrogens with zero attached hydrogens (tertiary/aromatic N) is 1. The van der Waals surface area contributed by atoms with Gasteiger partial charge in [0, 0.05) is 26.1 Å². The maximum atomic E-state index is 13.2. The minimum absolute atomic E-state index is 0.0658. The van der Waals surface area contributed by atoms with E-state index >= 15 is 0 Å². The number of sulfonamides is 1. The van der Waals surface area contributed by atoms with Gasteiger partial charge in [0.2, 0.25) is 15.9 Å². The second-order valence-electron chi connectivity index (χ2n) is 7.61. The number of benzene rings is 2. The number of hydrogen-bond donors (Lipinski definition) is 1. The van der Waals surface area contributed by atoms with Crippen LogP contribution in [0.2, 0.25) is 0 Å². The van der Waals surface area contributed by atoms with Gasteiger partial charge in [-0.25, -0.2) is 12.8 Å². The zero-order chi connectivity index (χ0) is 20.9. The van der Waals surface area contributed by atoms with Gasteiger partial charge in [-0.15, -0.1) is 0 Å². The average Bonchev–Trinajstić information content (AvgIpc) is 2.71. The molecule has 7 heteroatoms. The van der Waals surface area contributed by atoms with Crippen molar-refractivity contribution in [3.05, 3.63) is 65.5 Å². The zero-order valence-electron chi connectivity index (χ0n) is 16.6. The van der Waals surface area contributed by atoms with Gasteiger partial charge in [0.1, 0.15) is 5.82 Å². The van der Waals surface area contributed by atoms with E-state index in [1.54, 1.807) is 24.3 Å². The van der Waals surface area contributed by atoms with Gasteiger partial charge in [-0.05, 0) is 61.9 Å². The Morgan fingerprint density at radius 2 is 1.83 bits per heavy atom. The summed E-state index contributed by atoms with van der Waals surface area (Å²) in [4.78, 5) is 12.4. The Kier molecular flexibility index (Phi) is 7.03. The normalized spacial score (nSPS) is 15.9. The van der Waals surface area contributed by atoms with Gasteiger partial charge in [-0.3, -0.25) is 4.79 Å². The number of rotatable bonds is 7. The lowest BCUT2D eigenvalue weighted by molar-refractivity contribution is -0.121. The molecule has 0 spiro atoms. The first-order chi connectivity index (χ1) is 13.8. The van der Waals surface area contributed by atoms with Crippen molar-refractivity contribution in [1.82, 2.24) is 9.62 Å². The molecule has 0 radical (unpaired) electrons. The molecule has 1 saturated heterocycles. The van der Waals surface area contributed by atoms with Crippen molar-refractivity contribution >= 4 is 15.9 Å². The number of hydrogen-bond acceptors (Lipinski definition) is 3. The fourth-order valence-corrected chi connectivity index (χ4v) is 5.04. The average molecular weight is 419 g/mol. The third-order valence-electron chi connectivity index (χ3n) is 5.39. The molecule has 1 aliphatic heterocycles. The number of carbonyl (C=O) groups excluding carboxylic acids is 1. The molecule has 0 saturated carbocycles. The second kappa shape index (κ2) is 9.50. The molecule has 0 aliphatic carbocycles. The number of amides is 1. The summed E-state index contributed by atoms with van der Waals surface area (Å²) in [6, 6.07) is 13.1. The largest absolute Gasteiger partial charge is 0.352 e. The summed E-state index contributed by atoms with van der Waals surface area (Å²) in [5, 5.41) is 2.81. The second-order valence-corrected chi connectivity index (χ2v) is 9.54. The highest BCUT2D eigenvalue weighted by Crippen LogP contribution is 2.26. The molecule has 5 nitrogen and oxygen atoms in total. The van der Waals surface area contributed by atoms with Crippen molar-refractivity contribution < 1.29 is 17.6 Å². The lowest BCUT2D eigenvalue weighted by Gasteiger charge is -2.31. The summed E-state index contributed by atoms with van der Waals surface area (Å²) in [6.45, 7) is 3.19. The van der Waals surface area contributed by atoms with Crippen molar-refractivity contribution in [2.24, 2.45) is 5.92 Å². The van der Waals surface area contributed by atoms with E-state index in [0.29, 0.717) is 36.9 Å². The van der Waals surface area contributed by atoms with Crippen LogP contribution in [0.25, 0.3) is 0 Å². The molecule has 2 aromatic carbocycles. The quantitative estimate of drug-likeness (QED) is 0.747. The third kappa shape index (κ3) is 5.87. The molecule has 2 aromatic rings. The number of nitrogens with one attached hydrogen (secondary N) is 1.